The lowest BCUT2D eigenvalue weighted by atomic mass is 10.1. The van der Waals surface area contributed by atoms with Crippen molar-refractivity contribution in [2.45, 2.75) is 12.4 Å². The molecule has 0 unspecified atom stereocenters. The number of carbonyl (C=O) groups is 1. The van der Waals surface area contributed by atoms with Gasteiger partial charge in [-0.05, 0) is 30.3 Å². The molecule has 0 radical (unpaired) electrons. The fourth-order valence-electron chi connectivity index (χ4n) is 3.18. The molecule has 4 aromatic rings. The first kappa shape index (κ1) is 20.6. The zero-order valence-corrected chi connectivity index (χ0v) is 17.6. The highest BCUT2D eigenvalue weighted by Gasteiger charge is 2.23. The van der Waals surface area contributed by atoms with Crippen LogP contribution in [0.4, 0.5) is 5.69 Å². The Morgan fingerprint density at radius 3 is 2.65 bits per heavy atom. The lowest BCUT2D eigenvalue weighted by Crippen LogP contribution is -2.14. The van der Waals surface area contributed by atoms with E-state index in [1.54, 1.807) is 54.7 Å². The number of para-hydroxylation sites is 1. The lowest BCUT2D eigenvalue weighted by molar-refractivity contribution is 0.0998. The second kappa shape index (κ2) is 8.61. The molecular formula is C23H20N2O5S. The molecule has 7 nitrogen and oxygen atoms in total. The standard InChI is InChI=1S/C23H20N2O5S/c1-31(27,28)15-20-19-10-2-3-11-21(19)30-22(20)23(26)25-16-8-6-9-18(13-16)29-14-17-7-4-5-12-24-17/h2-13H,14-15H2,1H3,(H,25,26). The van der Waals surface area contributed by atoms with Gasteiger partial charge in [-0.2, -0.15) is 0 Å². The number of hydrogen-bond donors (Lipinski definition) is 1. The Bertz CT molecular complexity index is 1330. The van der Waals surface area contributed by atoms with Gasteiger partial charge in [0.15, 0.2) is 15.6 Å². The maximum Gasteiger partial charge on any atom is 0.291 e. The number of ether oxygens (including phenoxy) is 1. The fourth-order valence-corrected chi connectivity index (χ4v) is 3.99. The van der Waals surface area contributed by atoms with E-state index < -0.39 is 15.7 Å². The van der Waals surface area contributed by atoms with Crippen molar-refractivity contribution in [3.8, 4) is 5.75 Å². The van der Waals surface area contributed by atoms with Gasteiger partial charge in [0, 0.05) is 35.2 Å². The number of aromatic nitrogens is 1. The highest BCUT2D eigenvalue weighted by atomic mass is 32.2. The van der Waals surface area contributed by atoms with Crippen molar-refractivity contribution in [2.24, 2.45) is 0 Å². The minimum absolute atomic E-state index is 0.0218. The van der Waals surface area contributed by atoms with Gasteiger partial charge in [-0.25, -0.2) is 8.42 Å². The molecule has 0 spiro atoms. The zero-order valence-electron chi connectivity index (χ0n) is 16.7. The van der Waals surface area contributed by atoms with Gasteiger partial charge in [-0.1, -0.05) is 30.3 Å². The number of nitrogens with zero attached hydrogens (tertiary/aromatic N) is 1. The summed E-state index contributed by atoms with van der Waals surface area (Å²) in [6, 6.07) is 19.5. The van der Waals surface area contributed by atoms with Gasteiger partial charge in [0.05, 0.1) is 11.4 Å². The molecule has 2 aromatic heterocycles. The van der Waals surface area contributed by atoms with Crippen LogP contribution in [0.1, 0.15) is 21.8 Å². The number of rotatable bonds is 7. The number of hydrogen-bond acceptors (Lipinski definition) is 6. The summed E-state index contributed by atoms with van der Waals surface area (Å²) < 4.78 is 35.3. The summed E-state index contributed by atoms with van der Waals surface area (Å²) in [7, 11) is -3.37. The van der Waals surface area contributed by atoms with Gasteiger partial charge >= 0.3 is 0 Å². The molecule has 1 N–H and O–H groups in total. The molecule has 1 amide bonds. The molecule has 0 fully saturated rings. The Hall–Kier alpha value is -3.65. The molecule has 0 aliphatic rings. The predicted octanol–water partition coefficient (Wildman–Crippen LogP) is 4.20. The van der Waals surface area contributed by atoms with Gasteiger partial charge in [-0.3, -0.25) is 9.78 Å². The number of amides is 1. The summed E-state index contributed by atoms with van der Waals surface area (Å²) in [5.74, 6) is -0.285. The summed E-state index contributed by atoms with van der Waals surface area (Å²) in [6.45, 7) is 0.292. The van der Waals surface area contributed by atoms with E-state index in [1.807, 2.05) is 18.2 Å². The lowest BCUT2D eigenvalue weighted by Gasteiger charge is -2.09. The Morgan fingerprint density at radius 1 is 1.06 bits per heavy atom. The molecule has 31 heavy (non-hydrogen) atoms. The van der Waals surface area contributed by atoms with Crippen LogP contribution in [0, 0.1) is 0 Å². The van der Waals surface area contributed by atoms with Crippen molar-refractivity contribution in [1.29, 1.82) is 0 Å². The zero-order chi connectivity index (χ0) is 21.8. The quantitative estimate of drug-likeness (QED) is 0.466. The number of furan rings is 1. The summed E-state index contributed by atoms with van der Waals surface area (Å²) in [4.78, 5) is 17.1. The van der Waals surface area contributed by atoms with E-state index in [0.29, 0.717) is 34.6 Å². The number of fused-ring (bicyclic) bond motifs is 1. The minimum Gasteiger partial charge on any atom is -0.487 e. The molecule has 0 atom stereocenters. The third-order valence-electron chi connectivity index (χ3n) is 4.52. The average molecular weight is 436 g/mol. The molecule has 0 aliphatic heterocycles. The Balaban J connectivity index is 1.56. The van der Waals surface area contributed by atoms with Gasteiger partial charge in [-0.15, -0.1) is 0 Å². The van der Waals surface area contributed by atoms with Crippen LogP contribution >= 0.6 is 0 Å². The predicted molar refractivity (Wildman–Crippen MR) is 118 cm³/mol. The van der Waals surface area contributed by atoms with Crippen LogP contribution in [0.2, 0.25) is 0 Å². The molecule has 0 saturated carbocycles. The van der Waals surface area contributed by atoms with E-state index in [2.05, 4.69) is 10.3 Å². The molecule has 2 aromatic carbocycles. The van der Waals surface area contributed by atoms with E-state index in [4.69, 9.17) is 9.15 Å². The van der Waals surface area contributed by atoms with E-state index >= 15 is 0 Å². The Kier molecular flexibility index (Phi) is 5.73. The van der Waals surface area contributed by atoms with Crippen LogP contribution in [0.5, 0.6) is 5.75 Å². The Labute approximate surface area is 179 Å². The van der Waals surface area contributed by atoms with Crippen molar-refractivity contribution < 1.29 is 22.4 Å². The molecule has 0 aliphatic carbocycles. The second-order valence-electron chi connectivity index (χ2n) is 7.07. The highest BCUT2D eigenvalue weighted by molar-refractivity contribution is 7.89. The first-order valence-electron chi connectivity index (χ1n) is 9.51. The first-order chi connectivity index (χ1) is 14.9. The van der Waals surface area contributed by atoms with Crippen LogP contribution in [0.15, 0.2) is 77.3 Å². The van der Waals surface area contributed by atoms with E-state index in [9.17, 15) is 13.2 Å². The maximum absolute atomic E-state index is 12.9. The molecule has 0 bridgehead atoms. The molecule has 158 valence electrons. The molecule has 8 heteroatoms. The van der Waals surface area contributed by atoms with Crippen molar-refractivity contribution in [3.63, 3.8) is 0 Å². The molecule has 2 heterocycles. The number of carbonyl (C=O) groups excluding carboxylic acids is 1. The summed E-state index contributed by atoms with van der Waals surface area (Å²) in [5, 5.41) is 3.36. The van der Waals surface area contributed by atoms with E-state index in [-0.39, 0.29) is 11.5 Å². The number of sulfone groups is 1. The van der Waals surface area contributed by atoms with Crippen molar-refractivity contribution in [2.75, 3.05) is 11.6 Å². The fraction of sp³-hybridized carbons (Fsp3) is 0.130. The molecular weight excluding hydrogens is 416 g/mol. The van der Waals surface area contributed by atoms with Crippen LogP contribution in [0.3, 0.4) is 0 Å². The SMILES string of the molecule is CS(=O)(=O)Cc1c(C(=O)Nc2cccc(OCc3ccccn3)c2)oc2ccccc12. The molecule has 4 rings (SSSR count). The van der Waals surface area contributed by atoms with Crippen LogP contribution in [-0.4, -0.2) is 25.6 Å². The maximum atomic E-state index is 12.9. The van der Waals surface area contributed by atoms with Gasteiger partial charge < -0.3 is 14.5 Å². The minimum atomic E-state index is -3.37. The summed E-state index contributed by atoms with van der Waals surface area (Å²) >= 11 is 0. The van der Waals surface area contributed by atoms with Gasteiger partial charge in [0.1, 0.15) is 17.9 Å². The summed E-state index contributed by atoms with van der Waals surface area (Å²) in [5.41, 5.74) is 2.08. The average Bonchev–Trinajstić information content (AvgIpc) is 3.10. The topological polar surface area (TPSA) is 98.5 Å². The van der Waals surface area contributed by atoms with Gasteiger partial charge in [0.2, 0.25) is 0 Å². The van der Waals surface area contributed by atoms with Crippen molar-refractivity contribution in [3.05, 3.63) is 89.9 Å². The number of nitrogens with one attached hydrogen (secondary N) is 1. The second-order valence-corrected chi connectivity index (χ2v) is 9.21. The normalized spacial score (nSPS) is 11.4. The number of pyridine rings is 1. The Morgan fingerprint density at radius 2 is 1.87 bits per heavy atom. The molecule has 0 saturated heterocycles. The van der Waals surface area contributed by atoms with Crippen LogP contribution < -0.4 is 10.1 Å². The monoisotopic (exact) mass is 436 g/mol. The smallest absolute Gasteiger partial charge is 0.291 e. The van der Waals surface area contributed by atoms with Crippen molar-refractivity contribution >= 4 is 32.4 Å². The van der Waals surface area contributed by atoms with Gasteiger partial charge in [0.25, 0.3) is 5.91 Å². The highest BCUT2D eigenvalue weighted by Crippen LogP contribution is 2.28. The summed E-state index contributed by atoms with van der Waals surface area (Å²) in [6.07, 6.45) is 2.82. The first-order valence-corrected chi connectivity index (χ1v) is 11.6. The largest absolute Gasteiger partial charge is 0.487 e. The van der Waals surface area contributed by atoms with Crippen LogP contribution in [0.25, 0.3) is 11.0 Å². The van der Waals surface area contributed by atoms with E-state index in [1.165, 1.54) is 0 Å². The third kappa shape index (κ3) is 5.10. The number of anilines is 1. The number of benzene rings is 2. The van der Waals surface area contributed by atoms with Crippen molar-refractivity contribution in [1.82, 2.24) is 4.98 Å². The third-order valence-corrected chi connectivity index (χ3v) is 5.33. The van der Waals surface area contributed by atoms with Crippen LogP contribution in [-0.2, 0) is 22.2 Å². The van der Waals surface area contributed by atoms with E-state index in [0.717, 1.165) is 11.9 Å².